The fourth-order valence-electron chi connectivity index (χ4n) is 3.87. The van der Waals surface area contributed by atoms with E-state index >= 15 is 0 Å². The first-order valence-corrected chi connectivity index (χ1v) is 8.88. The van der Waals surface area contributed by atoms with Crippen molar-refractivity contribution in [3.63, 3.8) is 0 Å². The van der Waals surface area contributed by atoms with Gasteiger partial charge < -0.3 is 20.4 Å². The van der Waals surface area contributed by atoms with Gasteiger partial charge in [0.2, 0.25) is 0 Å². The molecule has 1 saturated heterocycles. The first-order valence-electron chi connectivity index (χ1n) is 8.88. The molecule has 0 bridgehead atoms. The minimum absolute atomic E-state index is 0.251. The molecule has 3 aromatic rings. The monoisotopic (exact) mass is 351 g/mol. The smallest absolute Gasteiger partial charge is 0.123 e. The molecule has 1 aliphatic heterocycles. The van der Waals surface area contributed by atoms with Gasteiger partial charge in [-0.2, -0.15) is 0 Å². The molecule has 1 aliphatic rings. The Balaban J connectivity index is 2.02. The Labute approximate surface area is 151 Å². The highest BCUT2D eigenvalue weighted by atomic mass is 19.1. The summed E-state index contributed by atoms with van der Waals surface area (Å²) in [6.45, 7) is 3.50. The summed E-state index contributed by atoms with van der Waals surface area (Å²) < 4.78 is 21.2. The van der Waals surface area contributed by atoms with Crippen molar-refractivity contribution >= 4 is 22.8 Å². The Morgan fingerprint density at radius 2 is 1.88 bits per heavy atom. The molecule has 4 rings (SSSR count). The molecule has 0 aliphatic carbocycles. The van der Waals surface area contributed by atoms with E-state index in [1.54, 1.807) is 12.1 Å². The Morgan fingerprint density at radius 1 is 1.19 bits per heavy atom. The van der Waals surface area contributed by atoms with Crippen LogP contribution >= 0.6 is 0 Å². The second-order valence-corrected chi connectivity index (χ2v) is 6.85. The van der Waals surface area contributed by atoms with Crippen molar-refractivity contribution < 1.29 is 9.13 Å². The number of ether oxygens (including phenoxy) is 1. The minimum atomic E-state index is -0.251. The molecule has 26 heavy (non-hydrogen) atoms. The molecule has 134 valence electrons. The lowest BCUT2D eigenvalue weighted by atomic mass is 9.96. The van der Waals surface area contributed by atoms with Gasteiger partial charge in [-0.25, -0.2) is 4.39 Å². The Hall–Kier alpha value is -2.66. The molecular formula is C21H22FN3O. The van der Waals surface area contributed by atoms with Crippen LogP contribution in [0.15, 0.2) is 36.4 Å². The van der Waals surface area contributed by atoms with E-state index in [2.05, 4.69) is 10.6 Å². The summed E-state index contributed by atoms with van der Waals surface area (Å²) in [6, 6.07) is 10.7. The van der Waals surface area contributed by atoms with E-state index in [4.69, 9.17) is 15.9 Å². The summed E-state index contributed by atoms with van der Waals surface area (Å²) in [4.78, 5) is 0. The van der Waals surface area contributed by atoms with E-state index in [0.717, 1.165) is 48.2 Å². The van der Waals surface area contributed by atoms with Gasteiger partial charge in [0.15, 0.2) is 0 Å². The summed E-state index contributed by atoms with van der Waals surface area (Å²) in [5.74, 6) is 0.128. The minimum Gasteiger partial charge on any atom is -0.398 e. The highest BCUT2D eigenvalue weighted by Gasteiger charge is 2.23. The maximum absolute atomic E-state index is 13.5. The van der Waals surface area contributed by atoms with E-state index in [1.807, 2.05) is 13.0 Å². The van der Waals surface area contributed by atoms with E-state index in [-0.39, 0.29) is 5.82 Å². The van der Waals surface area contributed by atoms with Crippen molar-refractivity contribution in [1.29, 1.82) is 5.41 Å². The molecule has 0 atom stereocenters. The van der Waals surface area contributed by atoms with Crippen molar-refractivity contribution in [3.05, 3.63) is 59.0 Å². The second kappa shape index (κ2) is 6.57. The predicted octanol–water partition coefficient (Wildman–Crippen LogP) is 4.55. The third kappa shape index (κ3) is 2.69. The third-order valence-electron chi connectivity index (χ3n) is 5.36. The van der Waals surface area contributed by atoms with Gasteiger partial charge in [-0.3, -0.25) is 0 Å². The van der Waals surface area contributed by atoms with Crippen molar-refractivity contribution in [2.24, 2.45) is 0 Å². The number of nitrogen functional groups attached to an aromatic ring is 1. The average molecular weight is 351 g/mol. The SMILES string of the molecule is Cc1c(N)c(C=N)cc2c1cc(C1CCOCC1)n2-c1ccc(F)cc1. The van der Waals surface area contributed by atoms with E-state index in [9.17, 15) is 4.39 Å². The van der Waals surface area contributed by atoms with Gasteiger partial charge >= 0.3 is 0 Å². The van der Waals surface area contributed by atoms with Crippen molar-refractivity contribution in [1.82, 2.24) is 4.57 Å². The summed E-state index contributed by atoms with van der Waals surface area (Å²) in [5, 5.41) is 8.76. The molecule has 2 aromatic carbocycles. The number of hydrogen-bond acceptors (Lipinski definition) is 3. The van der Waals surface area contributed by atoms with Gasteiger partial charge in [0.25, 0.3) is 0 Å². The van der Waals surface area contributed by atoms with Crippen molar-refractivity contribution in [2.75, 3.05) is 18.9 Å². The quantitative estimate of drug-likeness (QED) is 0.537. The van der Waals surface area contributed by atoms with Crippen LogP contribution in [0.1, 0.15) is 35.6 Å². The van der Waals surface area contributed by atoms with Gasteiger partial charge in [0.1, 0.15) is 5.82 Å². The number of nitrogens with one attached hydrogen (secondary N) is 1. The largest absolute Gasteiger partial charge is 0.398 e. The molecule has 1 aromatic heterocycles. The standard InChI is InChI=1S/C21H22FN3O/c1-13-18-11-19(14-6-8-26-9-7-14)25(17-4-2-16(22)3-5-17)20(18)10-15(12-23)21(13)24/h2-5,10-12,14,23H,6-9,24H2,1H3. The van der Waals surface area contributed by atoms with Crippen LogP contribution in [0, 0.1) is 18.2 Å². The van der Waals surface area contributed by atoms with Crippen LogP contribution in [0.5, 0.6) is 0 Å². The summed E-state index contributed by atoms with van der Waals surface area (Å²) in [7, 11) is 0. The van der Waals surface area contributed by atoms with Crippen molar-refractivity contribution in [2.45, 2.75) is 25.7 Å². The number of benzene rings is 2. The van der Waals surface area contributed by atoms with Crippen LogP contribution in [0.2, 0.25) is 0 Å². The van der Waals surface area contributed by atoms with Crippen LogP contribution < -0.4 is 5.73 Å². The van der Waals surface area contributed by atoms with Crippen LogP contribution in [-0.4, -0.2) is 24.0 Å². The van der Waals surface area contributed by atoms with Crippen LogP contribution in [0.3, 0.4) is 0 Å². The highest BCUT2D eigenvalue weighted by Crippen LogP contribution is 2.37. The number of aromatic nitrogens is 1. The first kappa shape index (κ1) is 16.8. The number of nitrogens with two attached hydrogens (primary N) is 1. The zero-order chi connectivity index (χ0) is 18.3. The van der Waals surface area contributed by atoms with Gasteiger partial charge in [-0.05, 0) is 61.7 Å². The molecule has 0 radical (unpaired) electrons. The fourth-order valence-corrected chi connectivity index (χ4v) is 3.87. The average Bonchev–Trinajstić information content (AvgIpc) is 3.05. The fraction of sp³-hybridized carbons (Fsp3) is 0.286. The van der Waals surface area contributed by atoms with E-state index < -0.39 is 0 Å². The molecule has 0 saturated carbocycles. The van der Waals surface area contributed by atoms with Crippen LogP contribution in [0.25, 0.3) is 16.6 Å². The lowest BCUT2D eigenvalue weighted by Gasteiger charge is -2.24. The normalized spacial score (nSPS) is 15.5. The van der Waals surface area contributed by atoms with Gasteiger partial charge in [0, 0.05) is 53.4 Å². The zero-order valence-electron chi connectivity index (χ0n) is 14.8. The predicted molar refractivity (Wildman–Crippen MR) is 103 cm³/mol. The summed E-state index contributed by atoms with van der Waals surface area (Å²) in [5.41, 5.74) is 11.7. The lowest BCUT2D eigenvalue weighted by Crippen LogP contribution is -2.16. The molecule has 1 fully saturated rings. The Morgan fingerprint density at radius 3 is 2.54 bits per heavy atom. The Kier molecular flexibility index (Phi) is 4.24. The van der Waals surface area contributed by atoms with E-state index in [1.165, 1.54) is 24.0 Å². The molecule has 0 amide bonds. The number of hydrogen-bond donors (Lipinski definition) is 2. The highest BCUT2D eigenvalue weighted by molar-refractivity contribution is 5.98. The van der Waals surface area contributed by atoms with Crippen molar-refractivity contribution in [3.8, 4) is 5.69 Å². The van der Waals surface area contributed by atoms with Gasteiger partial charge in [0.05, 0.1) is 5.52 Å². The maximum atomic E-state index is 13.5. The number of fused-ring (bicyclic) bond motifs is 1. The summed E-state index contributed by atoms with van der Waals surface area (Å²) in [6.07, 6.45) is 3.21. The zero-order valence-corrected chi connectivity index (χ0v) is 14.8. The van der Waals surface area contributed by atoms with E-state index in [0.29, 0.717) is 17.2 Å². The molecular weight excluding hydrogens is 329 g/mol. The van der Waals surface area contributed by atoms with Crippen LogP contribution in [0.4, 0.5) is 10.1 Å². The van der Waals surface area contributed by atoms with Gasteiger partial charge in [-0.1, -0.05) is 0 Å². The molecule has 4 nitrogen and oxygen atoms in total. The lowest BCUT2D eigenvalue weighted by molar-refractivity contribution is 0.0842. The molecule has 0 spiro atoms. The van der Waals surface area contributed by atoms with Crippen LogP contribution in [-0.2, 0) is 4.74 Å². The number of rotatable bonds is 3. The number of aryl methyl sites for hydroxylation is 1. The summed E-state index contributed by atoms with van der Waals surface area (Å²) >= 11 is 0. The molecule has 2 heterocycles. The molecule has 0 unspecified atom stereocenters. The van der Waals surface area contributed by atoms with Gasteiger partial charge in [-0.15, -0.1) is 0 Å². The number of halogens is 1. The second-order valence-electron chi connectivity index (χ2n) is 6.85. The first-order chi connectivity index (χ1) is 12.6. The number of anilines is 1. The topological polar surface area (TPSA) is 64.0 Å². The Bertz CT molecular complexity index is 969. The molecule has 3 N–H and O–H groups in total. The number of nitrogens with zero attached hydrogens (tertiary/aromatic N) is 1. The third-order valence-corrected chi connectivity index (χ3v) is 5.36. The molecule has 5 heteroatoms. The maximum Gasteiger partial charge on any atom is 0.123 e.